The zero-order chi connectivity index (χ0) is 11.4. The van der Waals surface area contributed by atoms with E-state index in [0.29, 0.717) is 23.8 Å². The summed E-state index contributed by atoms with van der Waals surface area (Å²) < 4.78 is 0. The third-order valence-corrected chi connectivity index (χ3v) is 3.87. The second kappa shape index (κ2) is 7.48. The van der Waals surface area contributed by atoms with Gasteiger partial charge in [-0.15, -0.1) is 35.6 Å². The van der Waals surface area contributed by atoms with E-state index in [-0.39, 0.29) is 12.4 Å². The van der Waals surface area contributed by atoms with Gasteiger partial charge in [-0.2, -0.15) is 0 Å². The minimum absolute atomic E-state index is 0. The van der Waals surface area contributed by atoms with Crippen LogP contribution < -0.4 is 0 Å². The maximum atomic E-state index is 6.01. The van der Waals surface area contributed by atoms with Gasteiger partial charge in [-0.1, -0.05) is 30.3 Å². The smallest absolute Gasteiger partial charge is 0.0379 e. The highest BCUT2D eigenvalue weighted by atomic mass is 35.5. The van der Waals surface area contributed by atoms with Crippen LogP contribution in [0.4, 0.5) is 0 Å². The van der Waals surface area contributed by atoms with Crippen molar-refractivity contribution in [3.8, 4) is 0 Å². The molecule has 0 radical (unpaired) electrons. The van der Waals surface area contributed by atoms with Crippen molar-refractivity contribution in [3.05, 3.63) is 35.9 Å². The molecule has 1 aromatic carbocycles. The van der Waals surface area contributed by atoms with Crippen LogP contribution in [0.25, 0.3) is 0 Å². The zero-order valence-electron chi connectivity index (χ0n) is 9.69. The summed E-state index contributed by atoms with van der Waals surface area (Å²) in [4.78, 5) is 2.45. The molecule has 1 nitrogen and oxygen atoms in total. The van der Waals surface area contributed by atoms with Gasteiger partial charge in [0.05, 0.1) is 0 Å². The third kappa shape index (κ3) is 3.51. The minimum Gasteiger partial charge on any atom is -0.291 e. The molecule has 1 aliphatic heterocycles. The van der Waals surface area contributed by atoms with Crippen LogP contribution in [0.3, 0.4) is 0 Å². The van der Waals surface area contributed by atoms with Gasteiger partial charge in [0.25, 0.3) is 0 Å². The average molecular weight is 295 g/mol. The lowest BCUT2D eigenvalue weighted by atomic mass is 10.0. The van der Waals surface area contributed by atoms with E-state index in [9.17, 15) is 0 Å². The molecule has 4 heteroatoms. The van der Waals surface area contributed by atoms with Crippen LogP contribution in [0, 0.1) is 0 Å². The summed E-state index contributed by atoms with van der Waals surface area (Å²) in [6, 6.07) is 11.6. The van der Waals surface area contributed by atoms with Crippen LogP contribution in [0.15, 0.2) is 30.3 Å². The van der Waals surface area contributed by atoms with Gasteiger partial charge in [0.1, 0.15) is 0 Å². The number of nitrogens with zero attached hydrogens (tertiary/aromatic N) is 1. The van der Waals surface area contributed by atoms with Crippen LogP contribution >= 0.6 is 35.6 Å². The number of likely N-dealkylation sites (tertiary alicyclic amines) is 1. The topological polar surface area (TPSA) is 3.24 Å². The van der Waals surface area contributed by atoms with Gasteiger partial charge in [0.15, 0.2) is 0 Å². The molecule has 17 heavy (non-hydrogen) atoms. The van der Waals surface area contributed by atoms with Gasteiger partial charge in [0, 0.05) is 30.4 Å². The minimum atomic E-state index is 0. The maximum absolute atomic E-state index is 6.01. The van der Waals surface area contributed by atoms with Gasteiger partial charge in [-0.05, 0) is 18.4 Å². The molecule has 0 N–H and O–H groups in total. The zero-order valence-corrected chi connectivity index (χ0v) is 12.0. The number of halogens is 3. The molecule has 2 rings (SSSR count). The molecule has 0 saturated carbocycles. The summed E-state index contributed by atoms with van der Waals surface area (Å²) in [6.45, 7) is 0.929. The summed E-state index contributed by atoms with van der Waals surface area (Å²) in [6.07, 6.45) is 2.37. The highest BCUT2D eigenvalue weighted by molar-refractivity contribution is 6.18. The molecule has 1 saturated heterocycles. The standard InChI is InChI=1S/C13H17Cl2N.ClH/c14-8-9-16-12(10-15)6-7-13(16)11-4-2-1-3-5-11;/h1-5,12-13H,6-10H2;1H/t12-,13-;/m1./s1. The summed E-state index contributed by atoms with van der Waals surface area (Å²) in [5.41, 5.74) is 1.39. The molecule has 1 aromatic rings. The fraction of sp³-hybridized carbons (Fsp3) is 0.538. The molecule has 1 aliphatic rings. The van der Waals surface area contributed by atoms with E-state index >= 15 is 0 Å². The van der Waals surface area contributed by atoms with Crippen molar-refractivity contribution >= 4 is 35.6 Å². The predicted octanol–water partition coefficient (Wildman–Crippen LogP) is 4.09. The van der Waals surface area contributed by atoms with Gasteiger partial charge >= 0.3 is 0 Å². The lowest BCUT2D eigenvalue weighted by Gasteiger charge is -2.28. The second-order valence-electron chi connectivity index (χ2n) is 4.24. The van der Waals surface area contributed by atoms with E-state index in [4.69, 9.17) is 23.2 Å². The molecule has 0 spiro atoms. The highest BCUT2D eigenvalue weighted by Crippen LogP contribution is 2.36. The number of rotatable bonds is 4. The first kappa shape index (κ1) is 15.1. The Kier molecular flexibility index (Phi) is 6.65. The Labute approximate surface area is 119 Å². The van der Waals surface area contributed by atoms with Crippen LogP contribution in [-0.4, -0.2) is 29.2 Å². The van der Waals surface area contributed by atoms with Crippen molar-refractivity contribution in [2.24, 2.45) is 0 Å². The monoisotopic (exact) mass is 293 g/mol. The summed E-state index contributed by atoms with van der Waals surface area (Å²) in [5, 5.41) is 0. The van der Waals surface area contributed by atoms with Gasteiger partial charge < -0.3 is 0 Å². The number of benzene rings is 1. The molecule has 0 unspecified atom stereocenters. The number of alkyl halides is 2. The summed E-state index contributed by atoms with van der Waals surface area (Å²) in [7, 11) is 0. The first-order chi connectivity index (χ1) is 7.86. The van der Waals surface area contributed by atoms with Crippen molar-refractivity contribution in [2.75, 3.05) is 18.3 Å². The molecule has 0 bridgehead atoms. The lowest BCUT2D eigenvalue weighted by molar-refractivity contribution is 0.219. The van der Waals surface area contributed by atoms with Gasteiger partial charge in [-0.25, -0.2) is 0 Å². The van der Waals surface area contributed by atoms with E-state index in [1.165, 1.54) is 18.4 Å². The molecule has 1 heterocycles. The normalized spacial score (nSPS) is 24.6. The van der Waals surface area contributed by atoms with E-state index in [0.717, 1.165) is 6.54 Å². The van der Waals surface area contributed by atoms with E-state index in [1.807, 2.05) is 0 Å². The van der Waals surface area contributed by atoms with E-state index < -0.39 is 0 Å². The third-order valence-electron chi connectivity index (χ3n) is 3.35. The quantitative estimate of drug-likeness (QED) is 0.756. The average Bonchev–Trinajstić information content (AvgIpc) is 2.74. The van der Waals surface area contributed by atoms with Gasteiger partial charge in [-0.3, -0.25) is 4.90 Å². The highest BCUT2D eigenvalue weighted by Gasteiger charge is 2.32. The van der Waals surface area contributed by atoms with E-state index in [2.05, 4.69) is 35.2 Å². The Hall–Kier alpha value is 0.0500. The fourth-order valence-electron chi connectivity index (χ4n) is 2.57. The van der Waals surface area contributed by atoms with Gasteiger partial charge in [0.2, 0.25) is 0 Å². The fourth-order valence-corrected chi connectivity index (χ4v) is 3.10. The van der Waals surface area contributed by atoms with Crippen molar-refractivity contribution < 1.29 is 0 Å². The van der Waals surface area contributed by atoms with Crippen molar-refractivity contribution in [1.82, 2.24) is 4.90 Å². The Morgan fingerprint density at radius 1 is 1.12 bits per heavy atom. The van der Waals surface area contributed by atoms with Crippen LogP contribution in [0.1, 0.15) is 24.4 Å². The maximum Gasteiger partial charge on any atom is 0.0379 e. The van der Waals surface area contributed by atoms with Crippen molar-refractivity contribution in [1.29, 1.82) is 0 Å². The summed E-state index contributed by atoms with van der Waals surface area (Å²) in [5.74, 6) is 1.39. The molecular weight excluding hydrogens is 277 g/mol. The molecule has 1 fully saturated rings. The first-order valence-corrected chi connectivity index (χ1v) is 6.86. The molecule has 96 valence electrons. The number of hydrogen-bond donors (Lipinski definition) is 0. The predicted molar refractivity (Wildman–Crippen MR) is 77.6 cm³/mol. The van der Waals surface area contributed by atoms with Crippen molar-refractivity contribution in [2.45, 2.75) is 24.9 Å². The first-order valence-electron chi connectivity index (χ1n) is 5.79. The molecule has 2 atom stereocenters. The Morgan fingerprint density at radius 3 is 2.41 bits per heavy atom. The Morgan fingerprint density at radius 2 is 1.82 bits per heavy atom. The lowest BCUT2D eigenvalue weighted by Crippen LogP contribution is -2.34. The molecular formula is C13H18Cl3N. The van der Waals surface area contributed by atoms with Crippen molar-refractivity contribution in [3.63, 3.8) is 0 Å². The number of hydrogen-bond acceptors (Lipinski definition) is 1. The molecule has 0 aromatic heterocycles. The van der Waals surface area contributed by atoms with E-state index in [1.54, 1.807) is 0 Å². The van der Waals surface area contributed by atoms with Crippen LogP contribution in [0.2, 0.25) is 0 Å². The Balaban J connectivity index is 0.00000144. The van der Waals surface area contributed by atoms with Crippen LogP contribution in [-0.2, 0) is 0 Å². The second-order valence-corrected chi connectivity index (χ2v) is 4.93. The summed E-state index contributed by atoms with van der Waals surface area (Å²) >= 11 is 11.9. The SMILES string of the molecule is Cl.ClCCN1[C@@H](CCl)CC[C@@H]1c1ccccc1. The largest absolute Gasteiger partial charge is 0.291 e. The molecule has 0 amide bonds. The van der Waals surface area contributed by atoms with Crippen LogP contribution in [0.5, 0.6) is 0 Å². The molecule has 0 aliphatic carbocycles. The Bertz CT molecular complexity index is 318.